The molecule has 0 saturated carbocycles. The van der Waals surface area contributed by atoms with Crippen LogP contribution in [-0.4, -0.2) is 30.8 Å². The summed E-state index contributed by atoms with van der Waals surface area (Å²) in [5.41, 5.74) is 6.53. The third-order valence-electron chi connectivity index (χ3n) is 5.44. The van der Waals surface area contributed by atoms with Gasteiger partial charge in [0, 0.05) is 11.3 Å². The van der Waals surface area contributed by atoms with Crippen molar-refractivity contribution >= 4 is 22.7 Å². The monoisotopic (exact) mass is 438 g/mol. The Morgan fingerprint density at radius 3 is 2.45 bits per heavy atom. The molecule has 33 heavy (non-hydrogen) atoms. The zero-order valence-corrected chi connectivity index (χ0v) is 18.7. The summed E-state index contributed by atoms with van der Waals surface area (Å²) in [6, 6.07) is 15.3. The Labute approximate surface area is 190 Å². The minimum Gasteiger partial charge on any atom is -0.335 e. The van der Waals surface area contributed by atoms with E-state index in [0.717, 1.165) is 22.5 Å². The van der Waals surface area contributed by atoms with Crippen molar-refractivity contribution in [2.45, 2.75) is 27.7 Å². The summed E-state index contributed by atoms with van der Waals surface area (Å²) in [6.45, 7) is 7.72. The van der Waals surface area contributed by atoms with Crippen LogP contribution in [0.4, 0.5) is 5.69 Å². The SMILES string of the molecule is Cc1ccc(-c2cc(C(=O)Nc3ccc(-n4nc(C)cc4C)nc3)c3c(C)noc3n2)cc1. The van der Waals surface area contributed by atoms with E-state index < -0.39 is 0 Å². The highest BCUT2D eigenvalue weighted by molar-refractivity contribution is 6.13. The van der Waals surface area contributed by atoms with Gasteiger partial charge in [-0.2, -0.15) is 5.10 Å². The van der Waals surface area contributed by atoms with Gasteiger partial charge in [0.1, 0.15) is 0 Å². The van der Waals surface area contributed by atoms with Crippen molar-refractivity contribution in [3.63, 3.8) is 0 Å². The average molecular weight is 438 g/mol. The van der Waals surface area contributed by atoms with E-state index in [4.69, 9.17) is 4.52 Å². The Kier molecular flexibility index (Phi) is 4.97. The van der Waals surface area contributed by atoms with Crippen molar-refractivity contribution in [3.8, 4) is 17.1 Å². The third-order valence-corrected chi connectivity index (χ3v) is 5.44. The van der Waals surface area contributed by atoms with Gasteiger partial charge in [0.05, 0.1) is 39.9 Å². The van der Waals surface area contributed by atoms with E-state index in [0.29, 0.717) is 39.6 Å². The first-order valence-electron chi connectivity index (χ1n) is 10.5. The molecule has 0 aliphatic rings. The maximum atomic E-state index is 13.3. The molecule has 164 valence electrons. The lowest BCUT2D eigenvalue weighted by molar-refractivity contribution is 0.102. The summed E-state index contributed by atoms with van der Waals surface area (Å²) in [4.78, 5) is 22.3. The summed E-state index contributed by atoms with van der Waals surface area (Å²) in [5, 5.41) is 12.0. The molecular formula is C25H22N6O2. The predicted molar refractivity (Wildman–Crippen MR) is 126 cm³/mol. The molecular weight excluding hydrogens is 416 g/mol. The van der Waals surface area contributed by atoms with Gasteiger partial charge in [-0.05, 0) is 52.0 Å². The zero-order valence-electron chi connectivity index (χ0n) is 18.7. The molecule has 5 rings (SSSR count). The molecule has 0 spiro atoms. The number of rotatable bonds is 4. The van der Waals surface area contributed by atoms with E-state index in [9.17, 15) is 4.79 Å². The standard InChI is InChI=1S/C25H22N6O2/c1-14-5-7-18(8-6-14)21-12-20(23-17(4)30-33-25(23)28-21)24(32)27-19-9-10-22(26-13-19)31-16(3)11-15(2)29-31/h5-13H,1-4H3,(H,27,32). The fourth-order valence-corrected chi connectivity index (χ4v) is 3.79. The van der Waals surface area contributed by atoms with Crippen LogP contribution in [0.1, 0.15) is 33.0 Å². The van der Waals surface area contributed by atoms with E-state index >= 15 is 0 Å². The van der Waals surface area contributed by atoms with Crippen molar-refractivity contribution in [2.24, 2.45) is 0 Å². The molecule has 0 saturated heterocycles. The predicted octanol–water partition coefficient (Wildman–Crippen LogP) is 4.96. The number of nitrogens with one attached hydrogen (secondary N) is 1. The number of hydrogen-bond acceptors (Lipinski definition) is 6. The van der Waals surface area contributed by atoms with E-state index in [1.54, 1.807) is 29.9 Å². The van der Waals surface area contributed by atoms with Gasteiger partial charge in [0.25, 0.3) is 11.6 Å². The van der Waals surface area contributed by atoms with Crippen LogP contribution in [0.2, 0.25) is 0 Å². The lowest BCUT2D eigenvalue weighted by Crippen LogP contribution is -2.13. The van der Waals surface area contributed by atoms with E-state index in [1.807, 2.05) is 57.2 Å². The molecule has 0 unspecified atom stereocenters. The first-order chi connectivity index (χ1) is 15.9. The molecule has 4 aromatic heterocycles. The van der Waals surface area contributed by atoms with E-state index in [1.165, 1.54) is 0 Å². The fourth-order valence-electron chi connectivity index (χ4n) is 3.79. The molecule has 8 nitrogen and oxygen atoms in total. The maximum absolute atomic E-state index is 13.3. The number of nitrogens with zero attached hydrogens (tertiary/aromatic N) is 5. The molecule has 0 fully saturated rings. The molecule has 1 amide bonds. The van der Waals surface area contributed by atoms with Gasteiger partial charge >= 0.3 is 0 Å². The molecule has 1 N–H and O–H groups in total. The van der Waals surface area contributed by atoms with Crippen LogP contribution in [-0.2, 0) is 0 Å². The number of anilines is 1. The number of aryl methyl sites for hydroxylation is 4. The van der Waals surface area contributed by atoms with Gasteiger partial charge in [0.15, 0.2) is 5.82 Å². The van der Waals surface area contributed by atoms with E-state index in [-0.39, 0.29) is 5.91 Å². The Balaban J connectivity index is 1.48. The molecule has 0 radical (unpaired) electrons. The van der Waals surface area contributed by atoms with Gasteiger partial charge < -0.3 is 9.84 Å². The summed E-state index contributed by atoms with van der Waals surface area (Å²) in [6.07, 6.45) is 1.61. The summed E-state index contributed by atoms with van der Waals surface area (Å²) in [5.74, 6) is 0.393. The molecule has 0 aliphatic carbocycles. The Morgan fingerprint density at radius 1 is 1.00 bits per heavy atom. The second kappa shape index (κ2) is 7.98. The summed E-state index contributed by atoms with van der Waals surface area (Å²) < 4.78 is 7.16. The van der Waals surface area contributed by atoms with Crippen LogP contribution in [0.15, 0.2) is 59.3 Å². The van der Waals surface area contributed by atoms with Crippen molar-refractivity contribution < 1.29 is 9.32 Å². The minimum atomic E-state index is -0.289. The second-order valence-corrected chi connectivity index (χ2v) is 8.07. The molecule has 1 aromatic carbocycles. The van der Waals surface area contributed by atoms with Crippen LogP contribution < -0.4 is 5.32 Å². The summed E-state index contributed by atoms with van der Waals surface area (Å²) >= 11 is 0. The maximum Gasteiger partial charge on any atom is 0.259 e. The largest absolute Gasteiger partial charge is 0.335 e. The number of amides is 1. The van der Waals surface area contributed by atoms with Crippen molar-refractivity contribution in [1.29, 1.82) is 0 Å². The van der Waals surface area contributed by atoms with Crippen LogP contribution in [0.5, 0.6) is 0 Å². The van der Waals surface area contributed by atoms with Crippen LogP contribution >= 0.6 is 0 Å². The third kappa shape index (κ3) is 3.87. The van der Waals surface area contributed by atoms with Gasteiger partial charge in [-0.1, -0.05) is 35.0 Å². The lowest BCUT2D eigenvalue weighted by atomic mass is 10.0. The van der Waals surface area contributed by atoms with Crippen LogP contribution in [0, 0.1) is 27.7 Å². The van der Waals surface area contributed by atoms with Crippen LogP contribution in [0.3, 0.4) is 0 Å². The molecule has 8 heteroatoms. The average Bonchev–Trinajstić information content (AvgIpc) is 3.35. The molecule has 0 atom stereocenters. The first kappa shape index (κ1) is 20.6. The Hall–Kier alpha value is -4.33. The highest BCUT2D eigenvalue weighted by Gasteiger charge is 2.20. The van der Waals surface area contributed by atoms with Crippen molar-refractivity contribution in [2.75, 3.05) is 5.32 Å². The van der Waals surface area contributed by atoms with Gasteiger partial charge in [-0.15, -0.1) is 0 Å². The smallest absolute Gasteiger partial charge is 0.259 e. The van der Waals surface area contributed by atoms with Gasteiger partial charge in [0.2, 0.25) is 0 Å². The van der Waals surface area contributed by atoms with E-state index in [2.05, 4.69) is 25.5 Å². The number of fused-ring (bicyclic) bond motifs is 1. The Bertz CT molecular complexity index is 1480. The molecule has 0 bridgehead atoms. The molecule has 0 aliphatic heterocycles. The molecule has 5 aromatic rings. The lowest BCUT2D eigenvalue weighted by Gasteiger charge is -2.09. The molecule has 4 heterocycles. The van der Waals surface area contributed by atoms with Crippen molar-refractivity contribution in [3.05, 3.63) is 82.9 Å². The number of benzene rings is 1. The Morgan fingerprint density at radius 2 is 1.79 bits per heavy atom. The van der Waals surface area contributed by atoms with Gasteiger partial charge in [-0.3, -0.25) is 4.79 Å². The number of carbonyl (C=O) groups excluding carboxylic acids is 1. The second-order valence-electron chi connectivity index (χ2n) is 8.07. The zero-order chi connectivity index (χ0) is 23.1. The van der Waals surface area contributed by atoms with Gasteiger partial charge in [-0.25, -0.2) is 14.6 Å². The quantitative estimate of drug-likeness (QED) is 0.426. The van der Waals surface area contributed by atoms with Crippen molar-refractivity contribution in [1.82, 2.24) is 24.9 Å². The summed E-state index contributed by atoms with van der Waals surface area (Å²) in [7, 11) is 0. The fraction of sp³-hybridized carbons (Fsp3) is 0.160. The first-order valence-corrected chi connectivity index (χ1v) is 10.5. The normalized spacial score (nSPS) is 11.2. The van der Waals surface area contributed by atoms with Crippen LogP contribution in [0.25, 0.3) is 28.2 Å². The topological polar surface area (TPSA) is 98.7 Å². The number of pyridine rings is 2. The number of hydrogen-bond donors (Lipinski definition) is 1. The highest BCUT2D eigenvalue weighted by Crippen LogP contribution is 2.28. The minimum absolute atomic E-state index is 0.289. The number of aromatic nitrogens is 5. The number of carbonyl (C=O) groups is 1. The highest BCUT2D eigenvalue weighted by atomic mass is 16.5.